The maximum atomic E-state index is 13.0. The zero-order valence-electron chi connectivity index (χ0n) is 11.8. The lowest BCUT2D eigenvalue weighted by Gasteiger charge is -2.03. The predicted molar refractivity (Wildman–Crippen MR) is 77.4 cm³/mol. The summed E-state index contributed by atoms with van der Waals surface area (Å²) in [6, 6.07) is 2.63. The highest BCUT2D eigenvalue weighted by molar-refractivity contribution is 7.14. The molecule has 6 nitrogen and oxygen atoms in total. The molecule has 1 amide bonds. The highest BCUT2D eigenvalue weighted by atomic mass is 32.1. The van der Waals surface area contributed by atoms with E-state index in [-0.39, 0.29) is 22.3 Å². The van der Waals surface area contributed by atoms with Crippen LogP contribution >= 0.6 is 11.3 Å². The molecule has 1 heterocycles. The molecule has 0 bridgehead atoms. The minimum absolute atomic E-state index is 0.0724. The molecule has 1 aromatic carbocycles. The van der Waals surface area contributed by atoms with Gasteiger partial charge in [-0.1, -0.05) is 0 Å². The molecular formula is C14H10F2N2O4S. The molecule has 0 atom stereocenters. The second-order valence-corrected chi connectivity index (χ2v) is 5.21. The van der Waals surface area contributed by atoms with Crippen molar-refractivity contribution < 1.29 is 27.9 Å². The molecule has 9 heteroatoms. The SMILES string of the molecule is CC(=O)Nc1nc(C(=O)OCC(=O)c2ccc(F)c(F)c2)cs1. The number of amides is 1. The Kier molecular flexibility index (Phi) is 5.12. The second kappa shape index (κ2) is 7.05. The molecule has 120 valence electrons. The summed E-state index contributed by atoms with van der Waals surface area (Å²) in [6.07, 6.45) is 0. The number of nitrogens with zero attached hydrogens (tertiary/aromatic N) is 1. The lowest BCUT2D eigenvalue weighted by molar-refractivity contribution is -0.114. The number of Topliss-reactive ketones (excluding diaryl/α,β-unsaturated/α-hetero) is 1. The minimum Gasteiger partial charge on any atom is -0.453 e. The number of benzene rings is 1. The summed E-state index contributed by atoms with van der Waals surface area (Å²) in [5, 5.41) is 3.97. The molecular weight excluding hydrogens is 330 g/mol. The van der Waals surface area contributed by atoms with Crippen LogP contribution in [-0.4, -0.2) is 29.3 Å². The maximum absolute atomic E-state index is 13.0. The summed E-state index contributed by atoms with van der Waals surface area (Å²) >= 11 is 1.02. The fourth-order valence-corrected chi connectivity index (χ4v) is 2.26. The van der Waals surface area contributed by atoms with E-state index in [1.54, 1.807) is 0 Å². The van der Waals surface area contributed by atoms with E-state index in [1.165, 1.54) is 12.3 Å². The normalized spacial score (nSPS) is 10.2. The van der Waals surface area contributed by atoms with Gasteiger partial charge in [-0.25, -0.2) is 18.6 Å². The average molecular weight is 340 g/mol. The Balaban J connectivity index is 1.95. The van der Waals surface area contributed by atoms with E-state index in [0.29, 0.717) is 0 Å². The molecule has 0 saturated carbocycles. The van der Waals surface area contributed by atoms with Crippen LogP contribution in [0.15, 0.2) is 23.6 Å². The first-order chi connectivity index (χ1) is 10.9. The van der Waals surface area contributed by atoms with Gasteiger partial charge in [-0.15, -0.1) is 11.3 Å². The number of thiazole rings is 1. The number of carbonyl (C=O) groups excluding carboxylic acids is 3. The second-order valence-electron chi connectivity index (χ2n) is 4.35. The van der Waals surface area contributed by atoms with Gasteiger partial charge in [-0.05, 0) is 18.2 Å². The van der Waals surface area contributed by atoms with Gasteiger partial charge in [0.1, 0.15) is 0 Å². The number of ether oxygens (including phenoxy) is 1. The Morgan fingerprint density at radius 2 is 2.00 bits per heavy atom. The van der Waals surface area contributed by atoms with Crippen molar-refractivity contribution in [2.75, 3.05) is 11.9 Å². The van der Waals surface area contributed by atoms with Gasteiger partial charge in [0.25, 0.3) is 0 Å². The zero-order chi connectivity index (χ0) is 17.0. The Bertz CT molecular complexity index is 776. The van der Waals surface area contributed by atoms with Crippen molar-refractivity contribution in [3.05, 3.63) is 46.5 Å². The molecule has 2 rings (SSSR count). The van der Waals surface area contributed by atoms with E-state index in [0.717, 1.165) is 29.5 Å². The van der Waals surface area contributed by atoms with Gasteiger partial charge in [-0.3, -0.25) is 9.59 Å². The van der Waals surface area contributed by atoms with E-state index >= 15 is 0 Å². The fourth-order valence-electron chi connectivity index (χ4n) is 1.53. The molecule has 0 saturated heterocycles. The Hall–Kier alpha value is -2.68. The van der Waals surface area contributed by atoms with Crippen LogP contribution in [0.4, 0.5) is 13.9 Å². The highest BCUT2D eigenvalue weighted by Gasteiger charge is 2.16. The third kappa shape index (κ3) is 4.39. The molecule has 2 aromatic rings. The molecule has 0 spiro atoms. The van der Waals surface area contributed by atoms with Gasteiger partial charge in [0.05, 0.1) is 0 Å². The number of carbonyl (C=O) groups is 3. The van der Waals surface area contributed by atoms with Gasteiger partial charge >= 0.3 is 5.97 Å². The number of anilines is 1. The van der Waals surface area contributed by atoms with Crippen LogP contribution in [-0.2, 0) is 9.53 Å². The summed E-state index contributed by atoms with van der Waals surface area (Å²) in [5.41, 5.74) is -0.189. The number of aromatic nitrogens is 1. The zero-order valence-corrected chi connectivity index (χ0v) is 12.6. The van der Waals surface area contributed by atoms with E-state index in [9.17, 15) is 23.2 Å². The number of hydrogen-bond donors (Lipinski definition) is 1. The first kappa shape index (κ1) is 16.7. The lowest BCUT2D eigenvalue weighted by atomic mass is 10.1. The van der Waals surface area contributed by atoms with Gasteiger partial charge in [0, 0.05) is 17.9 Å². The number of nitrogens with one attached hydrogen (secondary N) is 1. The predicted octanol–water partition coefficient (Wildman–Crippen LogP) is 2.42. The van der Waals surface area contributed by atoms with E-state index in [4.69, 9.17) is 4.74 Å². The van der Waals surface area contributed by atoms with Crippen molar-refractivity contribution in [1.82, 2.24) is 4.98 Å². The first-order valence-corrected chi connectivity index (χ1v) is 7.13. The van der Waals surface area contributed by atoms with E-state index < -0.39 is 30.0 Å². The molecule has 0 aliphatic rings. The van der Waals surface area contributed by atoms with Gasteiger partial charge in [0.2, 0.25) is 5.91 Å². The van der Waals surface area contributed by atoms with Crippen LogP contribution in [0.1, 0.15) is 27.8 Å². The lowest BCUT2D eigenvalue weighted by Crippen LogP contribution is -2.15. The van der Waals surface area contributed by atoms with Crippen LogP contribution in [0.5, 0.6) is 0 Å². The Labute approximate surface area is 133 Å². The smallest absolute Gasteiger partial charge is 0.358 e. The number of rotatable bonds is 5. The molecule has 1 aromatic heterocycles. The minimum atomic E-state index is -1.17. The van der Waals surface area contributed by atoms with Crippen LogP contribution in [0.3, 0.4) is 0 Å². The van der Waals surface area contributed by atoms with Crippen LogP contribution in [0, 0.1) is 11.6 Å². The standard InChI is InChI=1S/C14H10F2N2O4S/c1-7(19)17-14-18-11(6-23-14)13(21)22-5-12(20)8-2-3-9(15)10(16)4-8/h2-4,6H,5H2,1H3,(H,17,18,19). The molecule has 0 aliphatic carbocycles. The van der Waals surface area contributed by atoms with Crippen molar-refractivity contribution in [1.29, 1.82) is 0 Å². The van der Waals surface area contributed by atoms with Crippen LogP contribution in [0.2, 0.25) is 0 Å². The third-order valence-corrected chi connectivity index (χ3v) is 3.33. The molecule has 23 heavy (non-hydrogen) atoms. The van der Waals surface area contributed by atoms with E-state index in [2.05, 4.69) is 10.3 Å². The van der Waals surface area contributed by atoms with Gasteiger partial charge in [-0.2, -0.15) is 0 Å². The number of halogens is 2. The van der Waals surface area contributed by atoms with E-state index in [1.807, 2.05) is 0 Å². The number of ketones is 1. The van der Waals surface area contributed by atoms with Crippen molar-refractivity contribution in [2.24, 2.45) is 0 Å². The summed E-state index contributed by atoms with van der Waals surface area (Å²) in [6.45, 7) is 0.650. The third-order valence-electron chi connectivity index (χ3n) is 2.57. The van der Waals surface area contributed by atoms with Crippen molar-refractivity contribution >= 4 is 34.1 Å². The molecule has 0 fully saturated rings. The maximum Gasteiger partial charge on any atom is 0.358 e. The molecule has 0 radical (unpaired) electrons. The first-order valence-electron chi connectivity index (χ1n) is 6.25. The fraction of sp³-hybridized carbons (Fsp3) is 0.143. The number of hydrogen-bond acceptors (Lipinski definition) is 6. The van der Waals surface area contributed by atoms with Crippen molar-refractivity contribution in [3.8, 4) is 0 Å². The number of esters is 1. The monoisotopic (exact) mass is 340 g/mol. The average Bonchev–Trinajstić information content (AvgIpc) is 2.95. The van der Waals surface area contributed by atoms with Gasteiger partial charge in [0.15, 0.2) is 34.9 Å². The summed E-state index contributed by atoms with van der Waals surface area (Å²) in [4.78, 5) is 38.1. The largest absolute Gasteiger partial charge is 0.453 e. The molecule has 1 N–H and O–H groups in total. The van der Waals surface area contributed by atoms with Crippen LogP contribution < -0.4 is 5.32 Å². The molecule has 0 aliphatic heterocycles. The molecule has 0 unspecified atom stereocenters. The summed E-state index contributed by atoms with van der Waals surface area (Å²) in [7, 11) is 0. The quantitative estimate of drug-likeness (QED) is 0.667. The summed E-state index contributed by atoms with van der Waals surface area (Å²) in [5.74, 6) is -4.13. The van der Waals surface area contributed by atoms with Gasteiger partial charge < -0.3 is 10.1 Å². The Morgan fingerprint density at radius 1 is 1.26 bits per heavy atom. The van der Waals surface area contributed by atoms with Crippen molar-refractivity contribution in [3.63, 3.8) is 0 Å². The topological polar surface area (TPSA) is 85.4 Å². The van der Waals surface area contributed by atoms with Crippen LogP contribution in [0.25, 0.3) is 0 Å². The van der Waals surface area contributed by atoms with Crippen molar-refractivity contribution in [2.45, 2.75) is 6.92 Å². The summed E-state index contributed by atoms with van der Waals surface area (Å²) < 4.78 is 30.6. The Morgan fingerprint density at radius 3 is 2.65 bits per heavy atom. The highest BCUT2D eigenvalue weighted by Crippen LogP contribution is 2.16.